The number of allylic oxidation sites excluding steroid dienone is 1. The fourth-order valence-electron chi connectivity index (χ4n) is 1.73. The number of aliphatic imine (C=N–C) groups is 1. The first-order valence-corrected chi connectivity index (χ1v) is 5.90. The van der Waals surface area contributed by atoms with Crippen molar-refractivity contribution in [3.8, 4) is 0 Å². The predicted octanol–water partition coefficient (Wildman–Crippen LogP) is 1.51. The zero-order chi connectivity index (χ0) is 11.8. The van der Waals surface area contributed by atoms with Crippen molar-refractivity contribution in [2.24, 2.45) is 10.7 Å². The average Bonchev–Trinajstić information content (AvgIpc) is 2.80. The largest absolute Gasteiger partial charge is 0.489 e. The number of rotatable bonds is 6. The fraction of sp³-hybridized carbons (Fsp3) is 0.750. The Morgan fingerprint density at radius 2 is 2.44 bits per heavy atom. The maximum Gasteiger partial charge on any atom is 0.137 e. The molecule has 1 atom stereocenters. The number of hydrogen-bond donors (Lipinski definition) is 1. The van der Waals surface area contributed by atoms with Crippen LogP contribution in [0.3, 0.4) is 0 Å². The van der Waals surface area contributed by atoms with Gasteiger partial charge in [0.15, 0.2) is 0 Å². The molecular formula is C12H22N2O2. The zero-order valence-corrected chi connectivity index (χ0v) is 10.2. The molecule has 0 aromatic heterocycles. The molecule has 0 spiro atoms. The Morgan fingerprint density at radius 3 is 2.94 bits per heavy atom. The van der Waals surface area contributed by atoms with Gasteiger partial charge in [0.1, 0.15) is 12.4 Å². The van der Waals surface area contributed by atoms with Gasteiger partial charge >= 0.3 is 0 Å². The van der Waals surface area contributed by atoms with E-state index in [0.29, 0.717) is 13.2 Å². The van der Waals surface area contributed by atoms with Crippen LogP contribution < -0.4 is 5.73 Å². The minimum absolute atomic E-state index is 0.233. The SMILES string of the molecule is CC/C(CN)=C(\C=NC)OCC1CCCO1. The van der Waals surface area contributed by atoms with Crippen LogP contribution in [0.2, 0.25) is 0 Å². The van der Waals surface area contributed by atoms with Gasteiger partial charge in [0, 0.05) is 20.2 Å². The number of ether oxygens (including phenoxy) is 2. The minimum Gasteiger partial charge on any atom is -0.489 e. The number of hydrogen-bond acceptors (Lipinski definition) is 4. The molecular weight excluding hydrogens is 204 g/mol. The van der Waals surface area contributed by atoms with Gasteiger partial charge in [0.05, 0.1) is 12.3 Å². The van der Waals surface area contributed by atoms with Crippen molar-refractivity contribution >= 4 is 6.21 Å². The van der Waals surface area contributed by atoms with E-state index in [4.69, 9.17) is 15.2 Å². The van der Waals surface area contributed by atoms with Crippen molar-refractivity contribution in [3.05, 3.63) is 11.3 Å². The molecule has 1 fully saturated rings. The van der Waals surface area contributed by atoms with E-state index >= 15 is 0 Å². The van der Waals surface area contributed by atoms with Crippen LogP contribution in [0.4, 0.5) is 0 Å². The molecule has 1 rings (SSSR count). The van der Waals surface area contributed by atoms with Crippen LogP contribution in [0.5, 0.6) is 0 Å². The standard InChI is InChI=1S/C12H22N2O2/c1-3-10(7-13)12(8-14-2)16-9-11-5-4-6-15-11/h8,11H,3-7,9,13H2,1-2H3/b12-10-,14-8?. The van der Waals surface area contributed by atoms with Gasteiger partial charge in [-0.1, -0.05) is 6.92 Å². The Bertz CT molecular complexity index is 250. The lowest BCUT2D eigenvalue weighted by atomic mass is 10.2. The Hall–Kier alpha value is -0.870. The molecule has 1 saturated heterocycles. The third-order valence-corrected chi connectivity index (χ3v) is 2.72. The van der Waals surface area contributed by atoms with E-state index < -0.39 is 0 Å². The highest BCUT2D eigenvalue weighted by atomic mass is 16.5. The van der Waals surface area contributed by atoms with Crippen LogP contribution in [0.1, 0.15) is 26.2 Å². The molecule has 1 aliphatic heterocycles. The van der Waals surface area contributed by atoms with E-state index in [9.17, 15) is 0 Å². The van der Waals surface area contributed by atoms with E-state index in [1.165, 1.54) is 0 Å². The molecule has 0 amide bonds. The second kappa shape index (κ2) is 7.41. The van der Waals surface area contributed by atoms with Crippen molar-refractivity contribution in [2.75, 3.05) is 26.8 Å². The van der Waals surface area contributed by atoms with Crippen molar-refractivity contribution in [2.45, 2.75) is 32.3 Å². The van der Waals surface area contributed by atoms with Crippen LogP contribution >= 0.6 is 0 Å². The van der Waals surface area contributed by atoms with Crippen molar-refractivity contribution in [1.82, 2.24) is 0 Å². The number of nitrogens with zero attached hydrogens (tertiary/aromatic N) is 1. The van der Waals surface area contributed by atoms with Crippen molar-refractivity contribution in [1.29, 1.82) is 0 Å². The highest BCUT2D eigenvalue weighted by Gasteiger charge is 2.16. The van der Waals surface area contributed by atoms with E-state index in [2.05, 4.69) is 11.9 Å². The summed E-state index contributed by atoms with van der Waals surface area (Å²) in [5.41, 5.74) is 6.77. The third kappa shape index (κ3) is 3.94. The highest BCUT2D eigenvalue weighted by molar-refractivity contribution is 5.77. The lowest BCUT2D eigenvalue weighted by molar-refractivity contribution is 0.0472. The molecule has 1 unspecified atom stereocenters. The second-order valence-electron chi connectivity index (χ2n) is 3.86. The molecule has 0 aromatic carbocycles. The van der Waals surface area contributed by atoms with Crippen LogP contribution in [0.25, 0.3) is 0 Å². The molecule has 16 heavy (non-hydrogen) atoms. The molecule has 0 aromatic rings. The van der Waals surface area contributed by atoms with E-state index in [-0.39, 0.29) is 6.10 Å². The van der Waals surface area contributed by atoms with Gasteiger partial charge in [-0.2, -0.15) is 0 Å². The monoisotopic (exact) mass is 226 g/mol. The molecule has 0 aliphatic carbocycles. The number of nitrogens with two attached hydrogens (primary N) is 1. The van der Waals surface area contributed by atoms with Gasteiger partial charge in [-0.3, -0.25) is 4.99 Å². The lowest BCUT2D eigenvalue weighted by Crippen LogP contribution is -2.16. The Morgan fingerprint density at radius 1 is 1.62 bits per heavy atom. The third-order valence-electron chi connectivity index (χ3n) is 2.72. The Kier molecular flexibility index (Phi) is 6.11. The van der Waals surface area contributed by atoms with Crippen molar-refractivity contribution < 1.29 is 9.47 Å². The van der Waals surface area contributed by atoms with Crippen LogP contribution in [0.15, 0.2) is 16.3 Å². The molecule has 4 heteroatoms. The van der Waals surface area contributed by atoms with Crippen molar-refractivity contribution in [3.63, 3.8) is 0 Å². The summed E-state index contributed by atoms with van der Waals surface area (Å²) in [6.07, 6.45) is 5.08. The lowest BCUT2D eigenvalue weighted by Gasteiger charge is -2.14. The summed E-state index contributed by atoms with van der Waals surface area (Å²) in [5, 5.41) is 0. The van der Waals surface area contributed by atoms with Gasteiger partial charge in [-0.15, -0.1) is 0 Å². The summed E-state index contributed by atoms with van der Waals surface area (Å²) in [5.74, 6) is 0.808. The first-order chi connectivity index (χ1) is 7.81. The summed E-state index contributed by atoms with van der Waals surface area (Å²) in [4.78, 5) is 3.99. The zero-order valence-electron chi connectivity index (χ0n) is 10.2. The Balaban J connectivity index is 2.53. The topological polar surface area (TPSA) is 56.8 Å². The molecule has 0 radical (unpaired) electrons. The summed E-state index contributed by atoms with van der Waals surface area (Å²) in [6, 6.07) is 0. The van der Waals surface area contributed by atoms with Gasteiger partial charge in [-0.05, 0) is 24.8 Å². The summed E-state index contributed by atoms with van der Waals surface area (Å²) in [7, 11) is 1.74. The molecule has 0 bridgehead atoms. The first kappa shape index (κ1) is 13.2. The molecule has 1 aliphatic rings. The summed E-state index contributed by atoms with van der Waals surface area (Å²) in [6.45, 7) is 4.04. The molecule has 4 nitrogen and oxygen atoms in total. The average molecular weight is 226 g/mol. The summed E-state index contributed by atoms with van der Waals surface area (Å²) < 4.78 is 11.2. The smallest absolute Gasteiger partial charge is 0.137 e. The van der Waals surface area contributed by atoms with Crippen LogP contribution in [-0.2, 0) is 9.47 Å². The quantitative estimate of drug-likeness (QED) is 0.551. The van der Waals surface area contributed by atoms with Gasteiger partial charge in [0.2, 0.25) is 0 Å². The van der Waals surface area contributed by atoms with E-state index in [1.54, 1.807) is 13.3 Å². The second-order valence-corrected chi connectivity index (χ2v) is 3.86. The van der Waals surface area contributed by atoms with E-state index in [0.717, 1.165) is 37.2 Å². The van der Waals surface area contributed by atoms with Gasteiger partial charge in [0.25, 0.3) is 0 Å². The van der Waals surface area contributed by atoms with Crippen LogP contribution in [0, 0.1) is 0 Å². The summed E-state index contributed by atoms with van der Waals surface area (Å²) >= 11 is 0. The highest BCUT2D eigenvalue weighted by Crippen LogP contribution is 2.15. The molecule has 1 heterocycles. The van der Waals surface area contributed by atoms with Gasteiger partial charge in [-0.25, -0.2) is 0 Å². The Labute approximate surface area is 97.5 Å². The fourth-order valence-corrected chi connectivity index (χ4v) is 1.73. The van der Waals surface area contributed by atoms with E-state index in [1.807, 2.05) is 0 Å². The molecule has 0 saturated carbocycles. The molecule has 92 valence electrons. The normalized spacial score (nSPS) is 22.6. The maximum atomic E-state index is 5.74. The predicted molar refractivity (Wildman–Crippen MR) is 65.7 cm³/mol. The molecule has 2 N–H and O–H groups in total. The van der Waals surface area contributed by atoms with Gasteiger partial charge < -0.3 is 15.2 Å². The minimum atomic E-state index is 0.233. The maximum absolute atomic E-state index is 5.74. The first-order valence-electron chi connectivity index (χ1n) is 5.90. The van der Waals surface area contributed by atoms with Crippen LogP contribution in [-0.4, -0.2) is 39.1 Å².